The number of carboxylic acid groups (broad SMARTS) is 3. The molecule has 0 radical (unpaired) electrons. The molecule has 5 N–H and O–H groups in total. The van der Waals surface area contributed by atoms with E-state index in [9.17, 15) is 34.5 Å². The van der Waals surface area contributed by atoms with Crippen LogP contribution in [0.25, 0.3) is 0 Å². The van der Waals surface area contributed by atoms with Crippen LogP contribution in [-0.4, -0.2) is 135 Å². The summed E-state index contributed by atoms with van der Waals surface area (Å²) in [5, 5.41) is 28.9. The van der Waals surface area contributed by atoms with E-state index in [-0.39, 0.29) is 50.3 Å². The number of hydrogen-bond acceptors (Lipinski definition) is 8. The fourth-order valence-electron chi connectivity index (χ4n) is 5.19. The first-order valence-corrected chi connectivity index (χ1v) is 12.8. The molecule has 12 heteroatoms. The molecule has 1 saturated heterocycles. The van der Waals surface area contributed by atoms with E-state index in [1.54, 1.807) is 0 Å². The van der Waals surface area contributed by atoms with Crippen LogP contribution in [0.1, 0.15) is 53.4 Å². The zero-order valence-electron chi connectivity index (χ0n) is 22.1. The van der Waals surface area contributed by atoms with Gasteiger partial charge in [0.05, 0.1) is 26.2 Å². The van der Waals surface area contributed by atoms with Crippen LogP contribution in [0.4, 0.5) is 0 Å². The Morgan fingerprint density at radius 2 is 0.778 bits per heavy atom. The lowest BCUT2D eigenvalue weighted by Gasteiger charge is -2.45. The molecule has 0 aromatic rings. The maximum atomic E-state index is 12.0. The summed E-state index contributed by atoms with van der Waals surface area (Å²) in [6, 6.07) is -0.903. The highest BCUT2D eigenvalue weighted by Crippen LogP contribution is 2.20. The Bertz CT molecular complexity index is 618. The lowest BCUT2D eigenvalue weighted by molar-refractivity contribution is -0.143. The first-order chi connectivity index (χ1) is 16.9. The van der Waals surface area contributed by atoms with Crippen molar-refractivity contribution in [3.05, 3.63) is 0 Å². The van der Waals surface area contributed by atoms with E-state index in [1.807, 2.05) is 47.3 Å². The molecule has 208 valence electrons. The fourth-order valence-corrected chi connectivity index (χ4v) is 5.19. The van der Waals surface area contributed by atoms with Crippen molar-refractivity contribution in [2.45, 2.75) is 77.5 Å². The number of carbonyl (C=O) groups excluding carboxylic acids is 1. The highest BCUT2D eigenvalue weighted by Gasteiger charge is 2.34. The summed E-state index contributed by atoms with van der Waals surface area (Å²) in [7, 11) is 0. The van der Waals surface area contributed by atoms with Crippen molar-refractivity contribution in [2.75, 3.05) is 52.4 Å². The normalized spacial score (nSPS) is 26.1. The number of primary amides is 1. The van der Waals surface area contributed by atoms with Crippen molar-refractivity contribution in [1.82, 2.24) is 19.6 Å². The largest absolute Gasteiger partial charge is 0.480 e. The van der Waals surface area contributed by atoms with Gasteiger partial charge >= 0.3 is 17.9 Å². The standard InChI is InChI=1S/C24H45N5O7/c1-5-17-10-27(14-22(31)32)19(7-3)12-29(16-24(35)36)20(8-4)11-28(15-23(33)34)18(6-2)9-26(17)13-21(25)30/h17-20H,5-16H2,1-4H3,(H2,25,30)(H,31,32)(H,33,34)(H,35,36)/t17-,18-,19-,20-/m0/s1. The third-order valence-electron chi connectivity index (χ3n) is 7.11. The quantitative estimate of drug-likeness (QED) is 0.277. The Hall–Kier alpha value is -2.28. The van der Waals surface area contributed by atoms with Crippen molar-refractivity contribution < 1.29 is 34.5 Å². The highest BCUT2D eigenvalue weighted by molar-refractivity contribution is 5.76. The maximum absolute atomic E-state index is 12.0. The minimum absolute atomic E-state index is 0.0179. The SMILES string of the molecule is CC[C@H]1CN(CC(=O)O)[C@@H](CC)CN(CC(=O)O)[C@@H](CC)CN(CC(=O)O)[C@@H](CC)CN1CC(N)=O. The van der Waals surface area contributed by atoms with Crippen LogP contribution in [0, 0.1) is 0 Å². The molecule has 0 spiro atoms. The van der Waals surface area contributed by atoms with Crippen LogP contribution in [0.15, 0.2) is 0 Å². The van der Waals surface area contributed by atoms with E-state index in [4.69, 9.17) is 5.73 Å². The van der Waals surface area contributed by atoms with Crippen molar-refractivity contribution in [3.63, 3.8) is 0 Å². The minimum Gasteiger partial charge on any atom is -0.480 e. The summed E-state index contributed by atoms with van der Waals surface area (Å²) in [5.74, 6) is -3.45. The molecule has 1 amide bonds. The number of carboxylic acids is 3. The van der Waals surface area contributed by atoms with E-state index >= 15 is 0 Å². The van der Waals surface area contributed by atoms with Gasteiger partial charge in [0, 0.05) is 50.3 Å². The molecule has 4 atom stereocenters. The highest BCUT2D eigenvalue weighted by atomic mass is 16.4. The van der Waals surface area contributed by atoms with Crippen molar-refractivity contribution in [1.29, 1.82) is 0 Å². The molecule has 12 nitrogen and oxygen atoms in total. The molecule has 1 fully saturated rings. The molecule has 0 aromatic heterocycles. The molecule has 1 aliphatic rings. The van der Waals surface area contributed by atoms with Crippen molar-refractivity contribution >= 4 is 23.8 Å². The average molecular weight is 516 g/mol. The second-order valence-electron chi connectivity index (χ2n) is 9.61. The molecule has 1 rings (SSSR count). The number of amides is 1. The smallest absolute Gasteiger partial charge is 0.317 e. The molecule has 1 heterocycles. The molecule has 0 aliphatic carbocycles. The van der Waals surface area contributed by atoms with Crippen molar-refractivity contribution in [3.8, 4) is 0 Å². The summed E-state index contributed by atoms with van der Waals surface area (Å²) < 4.78 is 0. The lowest BCUT2D eigenvalue weighted by Crippen LogP contribution is -2.59. The monoisotopic (exact) mass is 515 g/mol. The van der Waals surface area contributed by atoms with Crippen LogP contribution < -0.4 is 5.73 Å². The number of carbonyl (C=O) groups is 4. The number of rotatable bonds is 12. The van der Waals surface area contributed by atoms with Gasteiger partial charge in [0.2, 0.25) is 5.91 Å². The van der Waals surface area contributed by atoms with Crippen LogP contribution >= 0.6 is 0 Å². The molecule has 0 saturated carbocycles. The fraction of sp³-hybridized carbons (Fsp3) is 0.833. The summed E-state index contributed by atoms with van der Waals surface area (Å²) >= 11 is 0. The van der Waals surface area contributed by atoms with Crippen molar-refractivity contribution in [2.24, 2.45) is 5.73 Å². The second kappa shape index (κ2) is 15.7. The Balaban J connectivity index is 3.62. The van der Waals surface area contributed by atoms with E-state index in [0.717, 1.165) is 0 Å². The Morgan fingerprint density at radius 1 is 0.556 bits per heavy atom. The van der Waals surface area contributed by atoms with Gasteiger partial charge in [-0.1, -0.05) is 27.7 Å². The third-order valence-corrected chi connectivity index (χ3v) is 7.11. The first kappa shape index (κ1) is 31.7. The van der Waals surface area contributed by atoms with Crippen LogP contribution in [0.2, 0.25) is 0 Å². The number of nitrogens with zero attached hydrogens (tertiary/aromatic N) is 4. The molecular weight excluding hydrogens is 470 g/mol. The average Bonchev–Trinajstić information content (AvgIpc) is 2.78. The van der Waals surface area contributed by atoms with Gasteiger partial charge in [-0.05, 0) is 25.7 Å². The minimum atomic E-state index is -0.990. The summed E-state index contributed by atoms with van der Waals surface area (Å²) in [6.07, 6.45) is 2.44. The van der Waals surface area contributed by atoms with E-state index < -0.39 is 23.8 Å². The maximum Gasteiger partial charge on any atom is 0.317 e. The number of aliphatic carboxylic acids is 3. The second-order valence-corrected chi connectivity index (χ2v) is 9.61. The Morgan fingerprint density at radius 3 is 0.944 bits per heavy atom. The predicted octanol–water partition coefficient (Wildman–Crippen LogP) is 0.0615. The van der Waals surface area contributed by atoms with E-state index in [0.29, 0.717) is 51.9 Å². The third kappa shape index (κ3) is 10.4. The van der Waals surface area contributed by atoms with E-state index in [1.165, 1.54) is 0 Å². The van der Waals surface area contributed by atoms with Gasteiger partial charge in [0.15, 0.2) is 0 Å². The zero-order chi connectivity index (χ0) is 27.4. The van der Waals surface area contributed by atoms with Crippen LogP contribution in [-0.2, 0) is 19.2 Å². The van der Waals surface area contributed by atoms with Gasteiger partial charge in [-0.25, -0.2) is 0 Å². The Kier molecular flexibility index (Phi) is 13.9. The molecule has 0 unspecified atom stereocenters. The van der Waals surface area contributed by atoms with E-state index in [2.05, 4.69) is 0 Å². The molecule has 0 aromatic carbocycles. The summed E-state index contributed by atoms with van der Waals surface area (Å²) in [5.41, 5.74) is 5.58. The lowest BCUT2D eigenvalue weighted by atomic mass is 10.0. The molecule has 1 aliphatic heterocycles. The first-order valence-electron chi connectivity index (χ1n) is 12.8. The topological polar surface area (TPSA) is 168 Å². The summed E-state index contributed by atoms with van der Waals surface area (Å²) in [4.78, 5) is 54.8. The van der Waals surface area contributed by atoms with Gasteiger partial charge in [0.1, 0.15) is 0 Å². The molecule has 0 bridgehead atoms. The van der Waals surface area contributed by atoms with Crippen LogP contribution in [0.3, 0.4) is 0 Å². The van der Waals surface area contributed by atoms with Gasteiger partial charge in [-0.15, -0.1) is 0 Å². The van der Waals surface area contributed by atoms with Gasteiger partial charge < -0.3 is 21.1 Å². The molecular formula is C24H45N5O7. The summed E-state index contributed by atoms with van der Waals surface area (Å²) in [6.45, 7) is 8.56. The molecule has 36 heavy (non-hydrogen) atoms. The van der Waals surface area contributed by atoms with Gasteiger partial charge in [0.25, 0.3) is 0 Å². The zero-order valence-corrected chi connectivity index (χ0v) is 22.1. The number of nitrogens with two attached hydrogens (primary N) is 1. The Labute approximate surface area is 214 Å². The van der Waals surface area contributed by atoms with Gasteiger partial charge in [-0.3, -0.25) is 38.8 Å². The van der Waals surface area contributed by atoms with Crippen LogP contribution in [0.5, 0.6) is 0 Å². The van der Waals surface area contributed by atoms with Gasteiger partial charge in [-0.2, -0.15) is 0 Å². The number of hydrogen-bond donors (Lipinski definition) is 4. The predicted molar refractivity (Wildman–Crippen MR) is 135 cm³/mol.